The molecule has 3 rings (SSSR count). The normalized spacial score (nSPS) is 15.1. The highest BCUT2D eigenvalue weighted by molar-refractivity contribution is 9.10. The molecule has 0 radical (unpaired) electrons. The third-order valence-corrected chi connectivity index (χ3v) is 5.88. The maximum absolute atomic E-state index is 5.97. The number of fused-ring (bicyclic) bond motifs is 1. The minimum Gasteiger partial charge on any atom is -0.493 e. The molecule has 0 amide bonds. The molecule has 0 N–H and O–H groups in total. The maximum atomic E-state index is 5.97. The van der Waals surface area contributed by atoms with Crippen LogP contribution in [0.25, 0.3) is 0 Å². The molecule has 1 aliphatic rings. The fraction of sp³-hybridized carbons (Fsp3) is 0.458. The van der Waals surface area contributed by atoms with E-state index in [4.69, 9.17) is 33.4 Å². The predicted molar refractivity (Wildman–Crippen MR) is 127 cm³/mol. The second-order valence-corrected chi connectivity index (χ2v) is 8.16. The minimum atomic E-state index is 0.120. The van der Waals surface area contributed by atoms with Gasteiger partial charge in [0.1, 0.15) is 29.2 Å². The summed E-state index contributed by atoms with van der Waals surface area (Å²) in [6.07, 6.45) is 0.824. The van der Waals surface area contributed by atoms with E-state index in [2.05, 4.69) is 22.9 Å². The summed E-state index contributed by atoms with van der Waals surface area (Å²) in [4.78, 5) is 4.97. The molecule has 0 fully saturated rings. The van der Waals surface area contributed by atoms with Crippen LogP contribution in [0.4, 0.5) is 0 Å². The van der Waals surface area contributed by atoms with Crippen LogP contribution in [0, 0.1) is 0 Å². The molecule has 174 valence electrons. The van der Waals surface area contributed by atoms with Crippen LogP contribution in [0.5, 0.6) is 23.0 Å². The molecular formula is C24H30BrNO6. The first-order chi connectivity index (χ1) is 15.5. The van der Waals surface area contributed by atoms with Gasteiger partial charge in [0.15, 0.2) is 11.5 Å². The van der Waals surface area contributed by atoms with Crippen molar-refractivity contribution in [3.8, 4) is 23.0 Å². The number of nitrogens with zero attached hydrogens (tertiary/aromatic N) is 1. The summed E-state index contributed by atoms with van der Waals surface area (Å²) in [5.74, 6) is 2.70. The van der Waals surface area contributed by atoms with E-state index in [1.807, 2.05) is 24.3 Å². The van der Waals surface area contributed by atoms with E-state index in [-0.39, 0.29) is 6.04 Å². The van der Waals surface area contributed by atoms with E-state index in [1.165, 1.54) is 0 Å². The quantitative estimate of drug-likeness (QED) is 0.422. The SMILES string of the molecule is COCCOc1cc(C2=NC(C)Cc3cc(OC)c(OC)cc32)cc(OCCOC)c1Br. The predicted octanol–water partition coefficient (Wildman–Crippen LogP) is 4.30. The van der Waals surface area contributed by atoms with Crippen molar-refractivity contribution in [2.75, 3.05) is 54.9 Å². The van der Waals surface area contributed by atoms with Crippen LogP contribution in [-0.4, -0.2) is 66.6 Å². The summed E-state index contributed by atoms with van der Waals surface area (Å²) in [5, 5.41) is 0. The third-order valence-electron chi connectivity index (χ3n) is 5.10. The fourth-order valence-corrected chi connectivity index (χ4v) is 4.04. The van der Waals surface area contributed by atoms with Crippen molar-refractivity contribution >= 4 is 21.6 Å². The number of rotatable bonds is 11. The number of halogens is 1. The largest absolute Gasteiger partial charge is 0.493 e. The first-order valence-electron chi connectivity index (χ1n) is 10.4. The van der Waals surface area contributed by atoms with Gasteiger partial charge in [0.25, 0.3) is 0 Å². The lowest BCUT2D eigenvalue weighted by Gasteiger charge is -2.24. The van der Waals surface area contributed by atoms with Crippen molar-refractivity contribution < 1.29 is 28.4 Å². The Balaban J connectivity index is 2.08. The lowest BCUT2D eigenvalue weighted by Crippen LogP contribution is -2.20. The Bertz CT molecular complexity index is 931. The van der Waals surface area contributed by atoms with Crippen molar-refractivity contribution in [3.63, 3.8) is 0 Å². The van der Waals surface area contributed by atoms with Crippen LogP contribution in [0.15, 0.2) is 33.7 Å². The zero-order valence-electron chi connectivity index (χ0n) is 19.2. The molecule has 0 bridgehead atoms. The fourth-order valence-electron chi connectivity index (χ4n) is 3.58. The molecule has 32 heavy (non-hydrogen) atoms. The van der Waals surface area contributed by atoms with Crippen LogP contribution in [0.2, 0.25) is 0 Å². The number of hydrogen-bond donors (Lipinski definition) is 0. The van der Waals surface area contributed by atoms with Crippen LogP contribution < -0.4 is 18.9 Å². The van der Waals surface area contributed by atoms with Crippen molar-refractivity contribution in [1.29, 1.82) is 0 Å². The molecule has 7 nitrogen and oxygen atoms in total. The van der Waals surface area contributed by atoms with Crippen LogP contribution >= 0.6 is 15.9 Å². The monoisotopic (exact) mass is 507 g/mol. The van der Waals surface area contributed by atoms with E-state index in [1.54, 1.807) is 28.4 Å². The molecule has 2 aromatic rings. The third kappa shape index (κ3) is 5.54. The maximum Gasteiger partial charge on any atom is 0.161 e. The summed E-state index contributed by atoms with van der Waals surface area (Å²) >= 11 is 3.62. The highest BCUT2D eigenvalue weighted by atomic mass is 79.9. The topological polar surface area (TPSA) is 67.7 Å². The first kappa shape index (κ1) is 24.4. The molecule has 0 aliphatic carbocycles. The minimum absolute atomic E-state index is 0.120. The number of benzene rings is 2. The molecule has 2 aromatic carbocycles. The molecule has 1 heterocycles. The van der Waals surface area contributed by atoms with E-state index in [9.17, 15) is 0 Å². The van der Waals surface area contributed by atoms with Gasteiger partial charge in [-0.25, -0.2) is 0 Å². The van der Waals surface area contributed by atoms with Gasteiger partial charge in [-0.15, -0.1) is 0 Å². The van der Waals surface area contributed by atoms with Crippen molar-refractivity contribution in [3.05, 3.63) is 45.4 Å². The molecule has 0 saturated carbocycles. The summed E-state index contributed by atoms with van der Waals surface area (Å²) in [6, 6.07) is 8.08. The average molecular weight is 508 g/mol. The lowest BCUT2D eigenvalue weighted by atomic mass is 9.90. The number of aliphatic imine (C=N–C) groups is 1. The highest BCUT2D eigenvalue weighted by Crippen LogP contribution is 2.39. The Morgan fingerprint density at radius 3 is 1.91 bits per heavy atom. The number of ether oxygens (including phenoxy) is 6. The number of methoxy groups -OCH3 is 4. The van der Waals surface area contributed by atoms with E-state index >= 15 is 0 Å². The molecular weight excluding hydrogens is 478 g/mol. The Morgan fingerprint density at radius 2 is 1.38 bits per heavy atom. The zero-order valence-corrected chi connectivity index (χ0v) is 20.8. The van der Waals surface area contributed by atoms with Gasteiger partial charge in [0.2, 0.25) is 0 Å². The van der Waals surface area contributed by atoms with Gasteiger partial charge in [-0.05, 0) is 59.1 Å². The second-order valence-electron chi connectivity index (χ2n) is 7.36. The Labute approximate surface area is 197 Å². The van der Waals surface area contributed by atoms with Crippen molar-refractivity contribution in [2.24, 2.45) is 4.99 Å². The standard InChI is InChI=1S/C24H30BrNO6/c1-15-10-16-11-19(29-4)20(30-5)14-18(16)24(26-15)17-12-21(31-8-6-27-2)23(25)22(13-17)32-9-7-28-3/h11-15H,6-10H2,1-5H3. The molecule has 0 spiro atoms. The van der Waals surface area contributed by atoms with Crippen LogP contribution in [0.3, 0.4) is 0 Å². The summed E-state index contributed by atoms with van der Waals surface area (Å²) in [5.41, 5.74) is 3.92. The van der Waals surface area contributed by atoms with Gasteiger partial charge in [0.05, 0.1) is 39.2 Å². The Morgan fingerprint density at radius 1 is 0.812 bits per heavy atom. The second kappa shape index (κ2) is 11.5. The van der Waals surface area contributed by atoms with Gasteiger partial charge in [-0.3, -0.25) is 4.99 Å². The molecule has 1 atom stereocenters. The highest BCUT2D eigenvalue weighted by Gasteiger charge is 2.24. The smallest absolute Gasteiger partial charge is 0.161 e. The van der Waals surface area contributed by atoms with E-state index in [0.29, 0.717) is 49.4 Å². The summed E-state index contributed by atoms with van der Waals surface area (Å²) in [7, 11) is 6.57. The summed E-state index contributed by atoms with van der Waals surface area (Å²) < 4.78 is 34.0. The first-order valence-corrected chi connectivity index (χ1v) is 11.2. The van der Waals surface area contributed by atoms with Crippen molar-refractivity contribution in [1.82, 2.24) is 0 Å². The molecule has 0 aromatic heterocycles. The van der Waals surface area contributed by atoms with Crippen LogP contribution in [-0.2, 0) is 15.9 Å². The van der Waals surface area contributed by atoms with E-state index in [0.717, 1.165) is 33.3 Å². The Hall–Kier alpha value is -2.29. The zero-order chi connectivity index (χ0) is 23.1. The van der Waals surface area contributed by atoms with Gasteiger partial charge in [0, 0.05) is 25.3 Å². The van der Waals surface area contributed by atoms with E-state index < -0.39 is 0 Å². The van der Waals surface area contributed by atoms with Gasteiger partial charge < -0.3 is 28.4 Å². The lowest BCUT2D eigenvalue weighted by molar-refractivity contribution is 0.141. The summed E-state index contributed by atoms with van der Waals surface area (Å²) in [6.45, 7) is 3.90. The molecule has 8 heteroatoms. The van der Waals surface area contributed by atoms with Gasteiger partial charge in [-0.1, -0.05) is 0 Å². The molecule has 1 unspecified atom stereocenters. The number of hydrogen-bond acceptors (Lipinski definition) is 7. The van der Waals surface area contributed by atoms with Crippen molar-refractivity contribution in [2.45, 2.75) is 19.4 Å². The van der Waals surface area contributed by atoms with Gasteiger partial charge >= 0.3 is 0 Å². The molecule has 0 saturated heterocycles. The molecule has 1 aliphatic heterocycles. The Kier molecular flexibility index (Phi) is 8.78. The van der Waals surface area contributed by atoms with Crippen LogP contribution in [0.1, 0.15) is 23.6 Å². The average Bonchev–Trinajstić information content (AvgIpc) is 2.79. The van der Waals surface area contributed by atoms with Gasteiger partial charge in [-0.2, -0.15) is 0 Å².